The third-order valence-electron chi connectivity index (χ3n) is 2.51. The predicted octanol–water partition coefficient (Wildman–Crippen LogP) is 1.71. The van der Waals surface area contributed by atoms with E-state index in [2.05, 4.69) is 5.32 Å². The highest BCUT2D eigenvalue weighted by Crippen LogP contribution is 2.02. The summed E-state index contributed by atoms with van der Waals surface area (Å²) in [5.74, 6) is -0.137. The lowest BCUT2D eigenvalue weighted by molar-refractivity contribution is -0.125. The van der Waals surface area contributed by atoms with E-state index in [0.717, 1.165) is 5.56 Å². The van der Waals surface area contributed by atoms with Crippen LogP contribution in [0.2, 0.25) is 0 Å². The maximum atomic E-state index is 11.6. The van der Waals surface area contributed by atoms with Crippen LogP contribution in [0.4, 0.5) is 0 Å². The fourth-order valence-electron chi connectivity index (χ4n) is 1.18. The smallest absolute Gasteiger partial charge is 0.224 e. The maximum absolute atomic E-state index is 11.6. The Morgan fingerprint density at radius 3 is 2.38 bits per heavy atom. The molecule has 0 spiro atoms. The molecule has 2 atom stereocenters. The van der Waals surface area contributed by atoms with E-state index in [-0.39, 0.29) is 30.3 Å². The van der Waals surface area contributed by atoms with Gasteiger partial charge in [0.15, 0.2) is 0 Å². The fourth-order valence-corrected chi connectivity index (χ4v) is 1.18. The van der Waals surface area contributed by atoms with E-state index >= 15 is 0 Å². The molecule has 0 saturated heterocycles. The number of nitrogens with one attached hydrogen (secondary N) is 1. The van der Waals surface area contributed by atoms with Crippen LogP contribution in [0.15, 0.2) is 30.3 Å². The van der Waals surface area contributed by atoms with Crippen LogP contribution in [-0.2, 0) is 11.3 Å². The molecule has 0 bridgehead atoms. The Hall–Kier alpha value is -1.06. The third kappa shape index (κ3) is 4.64. The van der Waals surface area contributed by atoms with Crippen molar-refractivity contribution >= 4 is 18.3 Å². The minimum Gasteiger partial charge on any atom is -0.352 e. The maximum Gasteiger partial charge on any atom is 0.224 e. The Morgan fingerprint density at radius 2 is 1.88 bits per heavy atom. The molecule has 16 heavy (non-hydrogen) atoms. The Labute approximate surface area is 103 Å². The van der Waals surface area contributed by atoms with Gasteiger partial charge in [0.2, 0.25) is 5.91 Å². The lowest BCUT2D eigenvalue weighted by Gasteiger charge is -2.15. The second kappa shape index (κ2) is 7.25. The molecule has 0 aliphatic rings. The topological polar surface area (TPSA) is 55.1 Å². The quantitative estimate of drug-likeness (QED) is 0.845. The molecule has 3 N–H and O–H groups in total. The molecule has 1 aromatic carbocycles. The third-order valence-corrected chi connectivity index (χ3v) is 2.51. The molecule has 0 aromatic heterocycles. The summed E-state index contributed by atoms with van der Waals surface area (Å²) in [5.41, 5.74) is 6.74. The van der Waals surface area contributed by atoms with Crippen molar-refractivity contribution < 1.29 is 4.79 Å². The summed E-state index contributed by atoms with van der Waals surface area (Å²) >= 11 is 0. The van der Waals surface area contributed by atoms with Crippen molar-refractivity contribution in [3.05, 3.63) is 35.9 Å². The van der Waals surface area contributed by atoms with Crippen LogP contribution >= 0.6 is 12.4 Å². The van der Waals surface area contributed by atoms with E-state index in [1.165, 1.54) is 0 Å². The van der Waals surface area contributed by atoms with Crippen LogP contribution in [0.3, 0.4) is 0 Å². The molecule has 0 fully saturated rings. The fraction of sp³-hybridized carbons (Fsp3) is 0.417. The van der Waals surface area contributed by atoms with Gasteiger partial charge in [0.05, 0.1) is 0 Å². The number of carbonyl (C=O) groups is 1. The van der Waals surface area contributed by atoms with E-state index in [1.54, 1.807) is 0 Å². The first-order chi connectivity index (χ1) is 7.11. The molecule has 2 unspecified atom stereocenters. The standard InChI is InChI=1S/C12H18N2O.ClH/c1-9(10(2)13)12(15)14-8-11-6-4-3-5-7-11;/h3-7,9-10H,8,13H2,1-2H3,(H,14,15);1H. The molecule has 1 aromatic rings. The molecule has 1 rings (SSSR count). The number of halogens is 1. The van der Waals surface area contributed by atoms with Gasteiger partial charge in [-0.3, -0.25) is 4.79 Å². The van der Waals surface area contributed by atoms with E-state index in [4.69, 9.17) is 5.73 Å². The molecule has 4 heteroatoms. The Kier molecular flexibility index (Phi) is 6.77. The predicted molar refractivity (Wildman–Crippen MR) is 68.4 cm³/mol. The number of hydrogen-bond acceptors (Lipinski definition) is 2. The number of hydrogen-bond donors (Lipinski definition) is 2. The zero-order chi connectivity index (χ0) is 11.3. The molecule has 1 amide bonds. The number of amides is 1. The summed E-state index contributed by atoms with van der Waals surface area (Å²) in [5, 5.41) is 2.86. The zero-order valence-corrected chi connectivity index (χ0v) is 10.5. The summed E-state index contributed by atoms with van der Waals surface area (Å²) in [6, 6.07) is 9.72. The van der Waals surface area contributed by atoms with Crippen LogP contribution in [0.25, 0.3) is 0 Å². The van der Waals surface area contributed by atoms with Crippen LogP contribution < -0.4 is 11.1 Å². The van der Waals surface area contributed by atoms with Crippen LogP contribution in [-0.4, -0.2) is 11.9 Å². The van der Waals surface area contributed by atoms with Crippen molar-refractivity contribution in [2.24, 2.45) is 11.7 Å². The van der Waals surface area contributed by atoms with Gasteiger partial charge in [-0.05, 0) is 12.5 Å². The second-order valence-corrected chi connectivity index (χ2v) is 3.85. The molecular weight excluding hydrogens is 224 g/mol. The summed E-state index contributed by atoms with van der Waals surface area (Å²) in [4.78, 5) is 11.6. The first-order valence-electron chi connectivity index (χ1n) is 5.18. The van der Waals surface area contributed by atoms with Crippen LogP contribution in [0.1, 0.15) is 19.4 Å². The summed E-state index contributed by atoms with van der Waals surface area (Å²) in [6.07, 6.45) is 0. The van der Waals surface area contributed by atoms with Gasteiger partial charge in [0.25, 0.3) is 0 Å². The van der Waals surface area contributed by atoms with Crippen molar-refractivity contribution in [2.75, 3.05) is 0 Å². The second-order valence-electron chi connectivity index (χ2n) is 3.85. The summed E-state index contributed by atoms with van der Waals surface area (Å²) in [7, 11) is 0. The molecule has 90 valence electrons. The van der Waals surface area contributed by atoms with Crippen molar-refractivity contribution in [3.8, 4) is 0 Å². The van der Waals surface area contributed by atoms with Crippen molar-refractivity contribution in [1.29, 1.82) is 0 Å². The first-order valence-corrected chi connectivity index (χ1v) is 5.18. The molecule has 0 aliphatic carbocycles. The monoisotopic (exact) mass is 242 g/mol. The van der Waals surface area contributed by atoms with Crippen molar-refractivity contribution in [3.63, 3.8) is 0 Å². The number of carbonyl (C=O) groups excluding carboxylic acids is 1. The highest BCUT2D eigenvalue weighted by molar-refractivity contribution is 5.85. The van der Waals surface area contributed by atoms with Gasteiger partial charge < -0.3 is 11.1 Å². The van der Waals surface area contributed by atoms with Crippen molar-refractivity contribution in [2.45, 2.75) is 26.4 Å². The largest absolute Gasteiger partial charge is 0.352 e. The number of benzene rings is 1. The molecule has 3 nitrogen and oxygen atoms in total. The minimum atomic E-state index is -0.145. The van der Waals surface area contributed by atoms with Crippen LogP contribution in [0.5, 0.6) is 0 Å². The lowest BCUT2D eigenvalue weighted by Crippen LogP contribution is -2.38. The SMILES string of the molecule is CC(N)C(C)C(=O)NCc1ccccc1.Cl. The molecular formula is C12H19ClN2O. The lowest BCUT2D eigenvalue weighted by atomic mass is 10.0. The molecule has 0 saturated carbocycles. The van der Waals surface area contributed by atoms with E-state index in [1.807, 2.05) is 44.2 Å². The number of rotatable bonds is 4. The summed E-state index contributed by atoms with van der Waals surface area (Å²) in [6.45, 7) is 4.24. The number of nitrogens with two attached hydrogens (primary N) is 1. The van der Waals surface area contributed by atoms with Gasteiger partial charge in [-0.2, -0.15) is 0 Å². The van der Waals surface area contributed by atoms with Gasteiger partial charge in [-0.25, -0.2) is 0 Å². The van der Waals surface area contributed by atoms with Gasteiger partial charge in [0, 0.05) is 18.5 Å². The minimum absolute atomic E-state index is 0. The Bertz CT molecular complexity index is 314. The first kappa shape index (κ1) is 14.9. The summed E-state index contributed by atoms with van der Waals surface area (Å²) < 4.78 is 0. The van der Waals surface area contributed by atoms with Gasteiger partial charge in [0.1, 0.15) is 0 Å². The van der Waals surface area contributed by atoms with E-state index in [9.17, 15) is 4.79 Å². The average molecular weight is 243 g/mol. The van der Waals surface area contributed by atoms with Crippen LogP contribution in [0, 0.1) is 5.92 Å². The Morgan fingerprint density at radius 1 is 1.31 bits per heavy atom. The van der Waals surface area contributed by atoms with Gasteiger partial charge >= 0.3 is 0 Å². The molecule has 0 aliphatic heterocycles. The average Bonchev–Trinajstić information content (AvgIpc) is 2.26. The highest BCUT2D eigenvalue weighted by atomic mass is 35.5. The molecule has 0 heterocycles. The Balaban J connectivity index is 0.00000225. The van der Waals surface area contributed by atoms with Gasteiger partial charge in [-0.1, -0.05) is 37.3 Å². The van der Waals surface area contributed by atoms with E-state index in [0.29, 0.717) is 6.54 Å². The highest BCUT2D eigenvalue weighted by Gasteiger charge is 2.15. The zero-order valence-electron chi connectivity index (χ0n) is 9.64. The van der Waals surface area contributed by atoms with Gasteiger partial charge in [-0.15, -0.1) is 12.4 Å². The van der Waals surface area contributed by atoms with E-state index < -0.39 is 0 Å². The molecule has 0 radical (unpaired) electrons. The normalized spacial score (nSPS) is 13.4. The van der Waals surface area contributed by atoms with Crippen molar-refractivity contribution in [1.82, 2.24) is 5.32 Å².